The smallest absolute Gasteiger partial charge is 0.413 e. The summed E-state index contributed by atoms with van der Waals surface area (Å²) in [6.45, 7) is 3.89. The quantitative estimate of drug-likeness (QED) is 0.442. The molecule has 0 fully saturated rings. The summed E-state index contributed by atoms with van der Waals surface area (Å²) >= 11 is 0. The Kier molecular flexibility index (Phi) is 4.51. The summed E-state index contributed by atoms with van der Waals surface area (Å²) in [5.74, 6) is -0.134. The predicted molar refractivity (Wildman–Crippen MR) is 125 cm³/mol. The van der Waals surface area contributed by atoms with E-state index in [9.17, 15) is 19.8 Å². The molecule has 0 aliphatic carbocycles. The molecule has 8 heteroatoms. The summed E-state index contributed by atoms with van der Waals surface area (Å²) in [5, 5.41) is 21.5. The highest BCUT2D eigenvalue weighted by atomic mass is 16.4. The largest absolute Gasteiger partial charge is 0.465 e. The molecule has 0 saturated carbocycles. The van der Waals surface area contributed by atoms with E-state index < -0.39 is 11.8 Å². The zero-order valence-corrected chi connectivity index (χ0v) is 18.3. The van der Waals surface area contributed by atoms with Gasteiger partial charge in [0.15, 0.2) is 5.72 Å². The van der Waals surface area contributed by atoms with Crippen LogP contribution in [0.1, 0.15) is 32.6 Å². The Morgan fingerprint density at radius 3 is 2.45 bits per heavy atom. The molecule has 5 rings (SSSR count). The number of nitrogens with zero attached hydrogens (tertiary/aromatic N) is 3. The number of imidazole rings is 1. The summed E-state index contributed by atoms with van der Waals surface area (Å²) < 4.78 is 0. The first kappa shape index (κ1) is 20.7. The van der Waals surface area contributed by atoms with Gasteiger partial charge in [-0.25, -0.2) is 9.78 Å². The second-order valence-corrected chi connectivity index (χ2v) is 8.34. The van der Waals surface area contributed by atoms with Gasteiger partial charge in [-0.2, -0.15) is 0 Å². The van der Waals surface area contributed by atoms with E-state index in [0.717, 1.165) is 16.0 Å². The number of carbonyl (C=O) groups is 2. The molecule has 1 aromatic heterocycles. The maximum Gasteiger partial charge on any atom is 0.413 e. The van der Waals surface area contributed by atoms with E-state index in [-0.39, 0.29) is 11.9 Å². The van der Waals surface area contributed by atoms with Gasteiger partial charge in [0.2, 0.25) is 5.95 Å². The summed E-state index contributed by atoms with van der Waals surface area (Å²) in [7, 11) is 1.39. The number of aryl methyl sites for hydroxylation is 2. The van der Waals surface area contributed by atoms with Crippen LogP contribution >= 0.6 is 0 Å². The third kappa shape index (κ3) is 3.07. The van der Waals surface area contributed by atoms with Gasteiger partial charge in [0.25, 0.3) is 5.91 Å². The van der Waals surface area contributed by atoms with Crippen LogP contribution in [-0.4, -0.2) is 39.2 Å². The summed E-state index contributed by atoms with van der Waals surface area (Å²) in [6.07, 6.45) is -1.15. The number of fused-ring (bicyclic) bond motifs is 2. The number of aliphatic hydroxyl groups is 1. The van der Waals surface area contributed by atoms with E-state index in [1.54, 1.807) is 42.5 Å². The number of anilines is 2. The monoisotopic (exact) mass is 442 g/mol. The van der Waals surface area contributed by atoms with Crippen molar-refractivity contribution in [3.63, 3.8) is 0 Å². The van der Waals surface area contributed by atoms with E-state index in [1.165, 1.54) is 11.9 Å². The average Bonchev–Trinajstić information content (AvgIpc) is 3.30. The number of aromatic nitrogens is 2. The predicted octanol–water partition coefficient (Wildman–Crippen LogP) is 4.15. The Morgan fingerprint density at radius 1 is 1.06 bits per heavy atom. The van der Waals surface area contributed by atoms with Gasteiger partial charge in [-0.3, -0.25) is 14.6 Å². The molecule has 1 aliphatic heterocycles. The number of carbonyl (C=O) groups excluding carboxylic acids is 1. The molecule has 0 bridgehead atoms. The number of nitrogens with one attached hydrogen (secondary N) is 1. The zero-order valence-electron chi connectivity index (χ0n) is 18.3. The first-order valence-electron chi connectivity index (χ1n) is 10.4. The number of benzene rings is 3. The van der Waals surface area contributed by atoms with Crippen LogP contribution in [0.4, 0.5) is 16.4 Å². The molecule has 8 nitrogen and oxygen atoms in total. The molecule has 33 heavy (non-hydrogen) atoms. The van der Waals surface area contributed by atoms with Gasteiger partial charge in [0.1, 0.15) is 0 Å². The molecule has 1 atom stereocenters. The van der Waals surface area contributed by atoms with Crippen molar-refractivity contribution in [1.82, 2.24) is 9.97 Å². The van der Waals surface area contributed by atoms with E-state index in [1.807, 2.05) is 32.0 Å². The lowest BCUT2D eigenvalue weighted by Crippen LogP contribution is -2.45. The molecule has 1 unspecified atom stereocenters. The summed E-state index contributed by atoms with van der Waals surface area (Å²) in [4.78, 5) is 34.5. The Morgan fingerprint density at radius 2 is 1.76 bits per heavy atom. The van der Waals surface area contributed by atoms with Crippen molar-refractivity contribution in [2.45, 2.75) is 19.6 Å². The van der Waals surface area contributed by atoms with Crippen molar-refractivity contribution >= 4 is 34.7 Å². The molecule has 3 N–H and O–H groups in total. The molecule has 2 heterocycles. The van der Waals surface area contributed by atoms with Gasteiger partial charge in [-0.05, 0) is 55.3 Å². The number of rotatable bonds is 3. The molecule has 166 valence electrons. The fourth-order valence-electron chi connectivity index (χ4n) is 4.49. The molecule has 1 aliphatic rings. The third-order valence-corrected chi connectivity index (χ3v) is 6.00. The summed E-state index contributed by atoms with van der Waals surface area (Å²) in [6, 6.07) is 17.9. The Balaban J connectivity index is 1.73. The third-order valence-electron chi connectivity index (χ3n) is 6.00. The molecule has 0 saturated heterocycles. The number of hydrogen-bond acceptors (Lipinski definition) is 4. The van der Waals surface area contributed by atoms with Crippen LogP contribution in [0.2, 0.25) is 0 Å². The molecule has 4 aromatic rings. The van der Waals surface area contributed by atoms with E-state index >= 15 is 0 Å². The van der Waals surface area contributed by atoms with Gasteiger partial charge in [0, 0.05) is 29.4 Å². The first-order valence-corrected chi connectivity index (χ1v) is 10.4. The Labute approximate surface area is 189 Å². The lowest BCUT2D eigenvalue weighted by Gasteiger charge is -2.35. The highest BCUT2D eigenvalue weighted by Crippen LogP contribution is 2.45. The fourth-order valence-corrected chi connectivity index (χ4v) is 4.49. The molecule has 2 amide bonds. The highest BCUT2D eigenvalue weighted by Gasteiger charge is 2.50. The maximum atomic E-state index is 13.5. The second-order valence-electron chi connectivity index (χ2n) is 8.34. The van der Waals surface area contributed by atoms with Gasteiger partial charge in [-0.1, -0.05) is 30.3 Å². The molecular weight excluding hydrogens is 420 g/mol. The van der Waals surface area contributed by atoms with E-state index in [0.29, 0.717) is 33.4 Å². The normalized spacial score (nSPS) is 17.5. The van der Waals surface area contributed by atoms with E-state index in [2.05, 4.69) is 9.97 Å². The lowest BCUT2D eigenvalue weighted by atomic mass is 9.93. The SMILES string of the molecule is Cc1cc(C)cc(N2C(=O)c3ccccc3C2(O)c2ccc3nc(N(C)C(=O)O)[nH]c3c2)c1. The van der Waals surface area contributed by atoms with Crippen LogP contribution in [0.5, 0.6) is 0 Å². The van der Waals surface area contributed by atoms with Crippen LogP contribution < -0.4 is 9.80 Å². The second kappa shape index (κ2) is 7.18. The molecule has 0 radical (unpaired) electrons. The van der Waals surface area contributed by atoms with Gasteiger partial charge < -0.3 is 15.2 Å². The number of H-pyrrole nitrogens is 1. The molecule has 0 spiro atoms. The van der Waals surface area contributed by atoms with Crippen LogP contribution in [0.25, 0.3) is 11.0 Å². The topological polar surface area (TPSA) is 110 Å². The standard InChI is InChI=1S/C25H22N4O4/c1-14-10-15(2)12-17(11-14)29-22(30)18-6-4-5-7-19(18)25(29,33)16-8-9-20-21(13-16)27-23(26-20)28(3)24(31)32/h4-13,33H,1-3H3,(H,26,27)(H,31,32). The van der Waals surface area contributed by atoms with Crippen molar-refractivity contribution in [3.05, 3.63) is 88.5 Å². The lowest BCUT2D eigenvalue weighted by molar-refractivity contribution is 0.0704. The van der Waals surface area contributed by atoms with Crippen molar-refractivity contribution in [2.75, 3.05) is 16.8 Å². The maximum absolute atomic E-state index is 13.5. The van der Waals surface area contributed by atoms with Crippen molar-refractivity contribution in [2.24, 2.45) is 0 Å². The number of aromatic amines is 1. The first-order chi connectivity index (χ1) is 15.7. The van der Waals surface area contributed by atoms with Crippen molar-refractivity contribution < 1.29 is 19.8 Å². The zero-order chi connectivity index (χ0) is 23.5. The summed E-state index contributed by atoms with van der Waals surface area (Å²) in [5.41, 5.74) is 3.23. The van der Waals surface area contributed by atoms with Crippen molar-refractivity contribution in [1.29, 1.82) is 0 Å². The van der Waals surface area contributed by atoms with E-state index in [4.69, 9.17) is 0 Å². The average molecular weight is 442 g/mol. The van der Waals surface area contributed by atoms with Crippen LogP contribution in [0.3, 0.4) is 0 Å². The Bertz CT molecular complexity index is 1420. The van der Waals surface area contributed by atoms with Crippen LogP contribution in [-0.2, 0) is 5.72 Å². The van der Waals surface area contributed by atoms with Crippen molar-refractivity contribution in [3.8, 4) is 0 Å². The number of amides is 2. The number of hydrogen-bond donors (Lipinski definition) is 3. The molecule has 3 aromatic carbocycles. The van der Waals surface area contributed by atoms with Gasteiger partial charge in [0.05, 0.1) is 11.0 Å². The minimum atomic E-state index is -1.76. The van der Waals surface area contributed by atoms with Crippen LogP contribution in [0, 0.1) is 13.8 Å². The molecular formula is C25H22N4O4. The Hall–Kier alpha value is -4.17. The number of carboxylic acid groups (broad SMARTS) is 1. The van der Waals surface area contributed by atoms with Crippen LogP contribution in [0.15, 0.2) is 60.7 Å². The fraction of sp³-hybridized carbons (Fsp3) is 0.160. The minimum absolute atomic E-state index is 0.163. The van der Waals surface area contributed by atoms with Gasteiger partial charge in [-0.15, -0.1) is 0 Å². The minimum Gasteiger partial charge on any atom is -0.465 e. The highest BCUT2D eigenvalue weighted by molar-refractivity contribution is 6.12. The van der Waals surface area contributed by atoms with Gasteiger partial charge >= 0.3 is 6.09 Å².